The number of carbonyl (C=O) groups is 1. The van der Waals surface area contributed by atoms with E-state index in [-0.39, 0.29) is 12.5 Å². The summed E-state index contributed by atoms with van der Waals surface area (Å²) in [5.74, 6) is 1.93. The van der Waals surface area contributed by atoms with Crippen LogP contribution in [0.25, 0.3) is 0 Å². The fourth-order valence-corrected chi connectivity index (χ4v) is 1.68. The van der Waals surface area contributed by atoms with Gasteiger partial charge in [-0.25, -0.2) is 0 Å². The van der Waals surface area contributed by atoms with Gasteiger partial charge in [0, 0.05) is 12.6 Å². The molecule has 0 aromatic heterocycles. The van der Waals surface area contributed by atoms with Crippen molar-refractivity contribution >= 4 is 11.6 Å². The summed E-state index contributed by atoms with van der Waals surface area (Å²) >= 11 is 0. The van der Waals surface area contributed by atoms with Gasteiger partial charge in [0.25, 0.3) is 0 Å². The van der Waals surface area contributed by atoms with Crippen LogP contribution in [0.15, 0.2) is 18.2 Å². The third kappa shape index (κ3) is 5.38. The minimum absolute atomic E-state index is 0.0245. The predicted molar refractivity (Wildman–Crippen MR) is 80.5 cm³/mol. The Labute approximate surface area is 120 Å². The highest BCUT2D eigenvalue weighted by Crippen LogP contribution is 2.28. The highest BCUT2D eigenvalue weighted by molar-refractivity contribution is 5.81. The minimum Gasteiger partial charge on any atom is -0.497 e. The number of amides is 1. The van der Waals surface area contributed by atoms with Gasteiger partial charge in [-0.15, -0.1) is 0 Å². The van der Waals surface area contributed by atoms with Gasteiger partial charge in [-0.05, 0) is 24.5 Å². The van der Waals surface area contributed by atoms with Crippen LogP contribution in [0.4, 0.5) is 5.69 Å². The van der Waals surface area contributed by atoms with Gasteiger partial charge in [-0.3, -0.25) is 4.79 Å². The lowest BCUT2D eigenvalue weighted by molar-refractivity contribution is -0.119. The van der Waals surface area contributed by atoms with Gasteiger partial charge in [0.15, 0.2) is 0 Å². The summed E-state index contributed by atoms with van der Waals surface area (Å²) in [7, 11) is 3.19. The Hall–Kier alpha value is -1.91. The Balaban J connectivity index is 2.46. The highest BCUT2D eigenvalue weighted by atomic mass is 16.5. The van der Waals surface area contributed by atoms with Gasteiger partial charge in [0.1, 0.15) is 11.5 Å². The summed E-state index contributed by atoms with van der Waals surface area (Å²) < 4.78 is 10.4. The first-order chi connectivity index (χ1) is 9.56. The summed E-state index contributed by atoms with van der Waals surface area (Å²) in [6, 6.07) is 5.43. The molecule has 0 unspecified atom stereocenters. The van der Waals surface area contributed by atoms with Crippen molar-refractivity contribution in [1.29, 1.82) is 0 Å². The number of methoxy groups -OCH3 is 2. The maximum absolute atomic E-state index is 11.7. The number of carbonyl (C=O) groups excluding carboxylic acids is 1. The zero-order chi connectivity index (χ0) is 15.0. The van der Waals surface area contributed by atoms with Crippen LogP contribution in [0.2, 0.25) is 0 Å². The van der Waals surface area contributed by atoms with Crippen LogP contribution in [0, 0.1) is 5.92 Å². The molecule has 0 aliphatic carbocycles. The Morgan fingerprint density at radius 1 is 1.25 bits per heavy atom. The van der Waals surface area contributed by atoms with Gasteiger partial charge in [0.05, 0.1) is 26.5 Å². The molecule has 0 heterocycles. The second-order valence-corrected chi connectivity index (χ2v) is 4.95. The first-order valence-corrected chi connectivity index (χ1v) is 6.79. The summed E-state index contributed by atoms with van der Waals surface area (Å²) in [4.78, 5) is 11.7. The first kappa shape index (κ1) is 16.1. The Kier molecular flexibility index (Phi) is 6.70. The fourth-order valence-electron chi connectivity index (χ4n) is 1.68. The van der Waals surface area contributed by atoms with E-state index in [1.165, 1.54) is 0 Å². The van der Waals surface area contributed by atoms with Crippen LogP contribution in [-0.4, -0.2) is 33.2 Å². The average Bonchev–Trinajstić information content (AvgIpc) is 2.44. The standard InChI is InChI=1S/C15H24N2O3/c1-11(2)7-8-16-15(18)10-17-13-6-5-12(19-3)9-14(13)20-4/h5-6,9,11,17H,7-8,10H2,1-4H3,(H,16,18). The van der Waals surface area contributed by atoms with E-state index in [1.807, 2.05) is 12.1 Å². The van der Waals surface area contributed by atoms with Crippen LogP contribution < -0.4 is 20.1 Å². The second-order valence-electron chi connectivity index (χ2n) is 4.95. The smallest absolute Gasteiger partial charge is 0.239 e. The Morgan fingerprint density at radius 2 is 2.00 bits per heavy atom. The zero-order valence-electron chi connectivity index (χ0n) is 12.7. The summed E-state index contributed by atoms with van der Waals surface area (Å²) in [6.07, 6.45) is 0.984. The molecule has 0 aliphatic heterocycles. The molecule has 2 N–H and O–H groups in total. The number of benzene rings is 1. The van der Waals surface area contributed by atoms with Crippen LogP contribution in [-0.2, 0) is 4.79 Å². The monoisotopic (exact) mass is 280 g/mol. The Bertz CT molecular complexity index is 433. The van der Waals surface area contributed by atoms with E-state index < -0.39 is 0 Å². The van der Waals surface area contributed by atoms with Crippen molar-refractivity contribution in [2.24, 2.45) is 5.92 Å². The van der Waals surface area contributed by atoms with Crippen LogP contribution >= 0.6 is 0 Å². The molecule has 1 aromatic carbocycles. The molecule has 5 nitrogen and oxygen atoms in total. The molecule has 1 amide bonds. The average molecular weight is 280 g/mol. The molecule has 0 atom stereocenters. The molecule has 0 saturated heterocycles. The summed E-state index contributed by atoms with van der Waals surface area (Å²) in [5, 5.41) is 5.94. The third-order valence-corrected chi connectivity index (χ3v) is 2.89. The van der Waals surface area contributed by atoms with E-state index in [2.05, 4.69) is 24.5 Å². The van der Waals surface area contributed by atoms with Crippen LogP contribution in [0.3, 0.4) is 0 Å². The van der Waals surface area contributed by atoms with Crippen molar-refractivity contribution in [2.75, 3.05) is 32.6 Å². The lowest BCUT2D eigenvalue weighted by Crippen LogP contribution is -2.31. The van der Waals surface area contributed by atoms with E-state index in [0.29, 0.717) is 24.0 Å². The molecule has 0 bridgehead atoms. The third-order valence-electron chi connectivity index (χ3n) is 2.89. The van der Waals surface area contributed by atoms with E-state index in [0.717, 1.165) is 12.1 Å². The maximum Gasteiger partial charge on any atom is 0.239 e. The molecular weight excluding hydrogens is 256 g/mol. The lowest BCUT2D eigenvalue weighted by atomic mass is 10.1. The predicted octanol–water partition coefficient (Wildman–Crippen LogP) is 2.28. The molecule has 5 heteroatoms. The normalized spacial score (nSPS) is 10.2. The number of anilines is 1. The van der Waals surface area contributed by atoms with Crippen molar-refractivity contribution < 1.29 is 14.3 Å². The molecular formula is C15H24N2O3. The number of rotatable bonds is 8. The van der Waals surface area contributed by atoms with Crippen LogP contribution in [0.1, 0.15) is 20.3 Å². The van der Waals surface area contributed by atoms with E-state index in [4.69, 9.17) is 9.47 Å². The van der Waals surface area contributed by atoms with Crippen molar-refractivity contribution in [1.82, 2.24) is 5.32 Å². The Morgan fingerprint density at radius 3 is 2.60 bits per heavy atom. The molecule has 20 heavy (non-hydrogen) atoms. The fraction of sp³-hybridized carbons (Fsp3) is 0.533. The van der Waals surface area contributed by atoms with Crippen LogP contribution in [0.5, 0.6) is 11.5 Å². The molecule has 1 rings (SSSR count). The molecule has 0 radical (unpaired) electrons. The molecule has 0 spiro atoms. The minimum atomic E-state index is -0.0245. The van der Waals surface area contributed by atoms with Crippen molar-refractivity contribution in [3.05, 3.63) is 18.2 Å². The maximum atomic E-state index is 11.7. The van der Waals surface area contributed by atoms with Crippen molar-refractivity contribution in [3.63, 3.8) is 0 Å². The van der Waals surface area contributed by atoms with Crippen molar-refractivity contribution in [3.8, 4) is 11.5 Å². The number of ether oxygens (including phenoxy) is 2. The first-order valence-electron chi connectivity index (χ1n) is 6.79. The van der Waals surface area contributed by atoms with Gasteiger partial charge >= 0.3 is 0 Å². The van der Waals surface area contributed by atoms with E-state index in [9.17, 15) is 4.79 Å². The summed E-state index contributed by atoms with van der Waals surface area (Å²) in [6.45, 7) is 5.19. The molecule has 0 aliphatic rings. The second kappa shape index (κ2) is 8.30. The lowest BCUT2D eigenvalue weighted by Gasteiger charge is -2.13. The molecule has 0 fully saturated rings. The van der Waals surface area contributed by atoms with Gasteiger partial charge in [-0.2, -0.15) is 0 Å². The molecule has 0 saturated carbocycles. The number of nitrogens with one attached hydrogen (secondary N) is 2. The number of hydrogen-bond acceptors (Lipinski definition) is 4. The summed E-state index contributed by atoms with van der Waals surface area (Å²) in [5.41, 5.74) is 0.771. The van der Waals surface area contributed by atoms with Gasteiger partial charge in [0.2, 0.25) is 5.91 Å². The largest absolute Gasteiger partial charge is 0.497 e. The molecule has 1 aromatic rings. The van der Waals surface area contributed by atoms with E-state index >= 15 is 0 Å². The quantitative estimate of drug-likeness (QED) is 0.767. The highest BCUT2D eigenvalue weighted by Gasteiger charge is 2.07. The SMILES string of the molecule is COc1ccc(NCC(=O)NCCC(C)C)c(OC)c1. The topological polar surface area (TPSA) is 59.6 Å². The zero-order valence-corrected chi connectivity index (χ0v) is 12.7. The van der Waals surface area contributed by atoms with Crippen molar-refractivity contribution in [2.45, 2.75) is 20.3 Å². The molecule has 112 valence electrons. The van der Waals surface area contributed by atoms with E-state index in [1.54, 1.807) is 20.3 Å². The van der Waals surface area contributed by atoms with Gasteiger partial charge in [-0.1, -0.05) is 13.8 Å². The number of hydrogen-bond donors (Lipinski definition) is 2. The van der Waals surface area contributed by atoms with Gasteiger partial charge < -0.3 is 20.1 Å².